The highest BCUT2D eigenvalue weighted by molar-refractivity contribution is 5.56. The van der Waals surface area contributed by atoms with Gasteiger partial charge in [-0.25, -0.2) is 0 Å². The van der Waals surface area contributed by atoms with Crippen LogP contribution in [0.5, 0.6) is 5.75 Å². The van der Waals surface area contributed by atoms with E-state index in [9.17, 15) is 10.1 Å². The van der Waals surface area contributed by atoms with Crippen LogP contribution in [0.2, 0.25) is 0 Å². The second-order valence-electron chi connectivity index (χ2n) is 4.80. The SMILES string of the molecule is COc1cc(NCc2c(C)nn(C)c2C)cc([N+](=O)[O-])c1. The van der Waals surface area contributed by atoms with Crippen molar-refractivity contribution < 1.29 is 9.66 Å². The van der Waals surface area contributed by atoms with E-state index >= 15 is 0 Å². The molecule has 2 rings (SSSR count). The molecule has 0 spiro atoms. The summed E-state index contributed by atoms with van der Waals surface area (Å²) >= 11 is 0. The number of aromatic nitrogens is 2. The molecule has 1 N–H and O–H groups in total. The van der Waals surface area contributed by atoms with Crippen LogP contribution in [0.3, 0.4) is 0 Å². The van der Waals surface area contributed by atoms with Gasteiger partial charge >= 0.3 is 0 Å². The van der Waals surface area contributed by atoms with Gasteiger partial charge in [0.15, 0.2) is 0 Å². The number of hydrogen-bond acceptors (Lipinski definition) is 5. The van der Waals surface area contributed by atoms with Crippen molar-refractivity contribution in [3.05, 3.63) is 45.3 Å². The topological polar surface area (TPSA) is 82.2 Å². The first kappa shape index (κ1) is 14.8. The summed E-state index contributed by atoms with van der Waals surface area (Å²) in [6, 6.07) is 4.61. The number of nitro groups is 1. The van der Waals surface area contributed by atoms with Crippen molar-refractivity contribution >= 4 is 11.4 Å². The fraction of sp³-hybridized carbons (Fsp3) is 0.357. The Morgan fingerprint density at radius 3 is 2.62 bits per heavy atom. The Morgan fingerprint density at radius 1 is 1.38 bits per heavy atom. The Bertz CT molecular complexity index is 679. The summed E-state index contributed by atoms with van der Waals surface area (Å²) in [5.74, 6) is 0.450. The third kappa shape index (κ3) is 3.13. The lowest BCUT2D eigenvalue weighted by atomic mass is 10.2. The molecular formula is C14H18N4O3. The van der Waals surface area contributed by atoms with E-state index in [2.05, 4.69) is 10.4 Å². The van der Waals surface area contributed by atoms with Crippen LogP contribution in [-0.2, 0) is 13.6 Å². The van der Waals surface area contributed by atoms with Crippen LogP contribution < -0.4 is 10.1 Å². The number of nitro benzene ring substituents is 1. The molecule has 7 heteroatoms. The van der Waals surface area contributed by atoms with E-state index in [0.29, 0.717) is 18.0 Å². The van der Waals surface area contributed by atoms with Gasteiger partial charge in [-0.1, -0.05) is 0 Å². The fourth-order valence-corrected chi connectivity index (χ4v) is 2.17. The molecule has 0 amide bonds. The number of anilines is 1. The number of methoxy groups -OCH3 is 1. The molecule has 0 aliphatic rings. The van der Waals surface area contributed by atoms with E-state index in [0.717, 1.165) is 17.0 Å². The van der Waals surface area contributed by atoms with Crippen LogP contribution in [0.4, 0.5) is 11.4 Å². The number of benzene rings is 1. The normalized spacial score (nSPS) is 10.5. The zero-order chi connectivity index (χ0) is 15.6. The molecule has 0 saturated carbocycles. The third-order valence-electron chi connectivity index (χ3n) is 3.47. The average Bonchev–Trinajstić information content (AvgIpc) is 2.69. The zero-order valence-electron chi connectivity index (χ0n) is 12.5. The summed E-state index contributed by atoms with van der Waals surface area (Å²) in [4.78, 5) is 10.5. The van der Waals surface area contributed by atoms with Crippen LogP contribution in [-0.4, -0.2) is 21.8 Å². The molecule has 0 aliphatic carbocycles. The minimum Gasteiger partial charge on any atom is -0.496 e. The monoisotopic (exact) mass is 290 g/mol. The standard InChI is InChI=1S/C14H18N4O3/c1-9-14(10(2)17(3)16-9)8-15-11-5-12(18(19)20)7-13(6-11)21-4/h5-7,15H,8H2,1-4H3. The molecule has 0 radical (unpaired) electrons. The van der Waals surface area contributed by atoms with Crippen molar-refractivity contribution in [3.63, 3.8) is 0 Å². The van der Waals surface area contributed by atoms with Crippen molar-refractivity contribution in [3.8, 4) is 5.75 Å². The van der Waals surface area contributed by atoms with Gasteiger partial charge in [-0.2, -0.15) is 5.10 Å². The molecule has 0 atom stereocenters. The summed E-state index contributed by atoms with van der Waals surface area (Å²) in [7, 11) is 3.38. The van der Waals surface area contributed by atoms with Crippen molar-refractivity contribution in [2.45, 2.75) is 20.4 Å². The first-order valence-electron chi connectivity index (χ1n) is 6.48. The summed E-state index contributed by atoms with van der Waals surface area (Å²) in [5.41, 5.74) is 3.74. The molecule has 0 aliphatic heterocycles. The summed E-state index contributed by atoms with van der Waals surface area (Å²) in [6.45, 7) is 4.49. The molecule has 1 aromatic heterocycles. The minimum absolute atomic E-state index is 0.00326. The highest BCUT2D eigenvalue weighted by Crippen LogP contribution is 2.26. The molecular weight excluding hydrogens is 272 g/mol. The van der Waals surface area contributed by atoms with Gasteiger partial charge in [-0.3, -0.25) is 14.8 Å². The van der Waals surface area contributed by atoms with Crippen LogP contribution in [0, 0.1) is 24.0 Å². The van der Waals surface area contributed by atoms with E-state index in [1.165, 1.54) is 19.2 Å². The Labute approximate surface area is 122 Å². The average molecular weight is 290 g/mol. The quantitative estimate of drug-likeness (QED) is 0.676. The van der Waals surface area contributed by atoms with Gasteiger partial charge in [0.2, 0.25) is 0 Å². The van der Waals surface area contributed by atoms with Gasteiger partial charge in [-0.15, -0.1) is 0 Å². The minimum atomic E-state index is -0.436. The first-order valence-corrected chi connectivity index (χ1v) is 6.48. The van der Waals surface area contributed by atoms with E-state index in [1.54, 1.807) is 6.07 Å². The van der Waals surface area contributed by atoms with Gasteiger partial charge in [0.1, 0.15) is 5.75 Å². The van der Waals surface area contributed by atoms with Gasteiger partial charge in [0, 0.05) is 42.7 Å². The van der Waals surface area contributed by atoms with Gasteiger partial charge in [0.25, 0.3) is 5.69 Å². The number of aryl methyl sites for hydroxylation is 2. The van der Waals surface area contributed by atoms with Crippen LogP contribution in [0.1, 0.15) is 17.0 Å². The Kier molecular flexibility index (Phi) is 4.11. The van der Waals surface area contributed by atoms with Crippen molar-refractivity contribution in [2.24, 2.45) is 7.05 Å². The zero-order valence-corrected chi connectivity index (χ0v) is 12.5. The second-order valence-corrected chi connectivity index (χ2v) is 4.80. The van der Waals surface area contributed by atoms with Crippen LogP contribution in [0.25, 0.3) is 0 Å². The number of hydrogen-bond donors (Lipinski definition) is 1. The molecule has 1 heterocycles. The lowest BCUT2D eigenvalue weighted by Crippen LogP contribution is -2.03. The molecule has 0 saturated heterocycles. The smallest absolute Gasteiger partial charge is 0.275 e. The van der Waals surface area contributed by atoms with Gasteiger partial charge in [0.05, 0.1) is 23.8 Å². The van der Waals surface area contributed by atoms with Crippen LogP contribution >= 0.6 is 0 Å². The lowest BCUT2D eigenvalue weighted by Gasteiger charge is -2.09. The molecule has 21 heavy (non-hydrogen) atoms. The number of nitrogens with one attached hydrogen (secondary N) is 1. The molecule has 112 valence electrons. The van der Waals surface area contributed by atoms with Crippen molar-refractivity contribution in [1.82, 2.24) is 9.78 Å². The molecule has 2 aromatic rings. The third-order valence-corrected chi connectivity index (χ3v) is 3.47. The maximum absolute atomic E-state index is 10.9. The summed E-state index contributed by atoms with van der Waals surface area (Å²) in [6.07, 6.45) is 0. The van der Waals surface area contributed by atoms with Crippen molar-refractivity contribution in [1.29, 1.82) is 0 Å². The highest BCUT2D eigenvalue weighted by atomic mass is 16.6. The number of nitrogens with zero attached hydrogens (tertiary/aromatic N) is 3. The van der Waals surface area contributed by atoms with Crippen LogP contribution in [0.15, 0.2) is 18.2 Å². The molecule has 0 unspecified atom stereocenters. The number of ether oxygens (including phenoxy) is 1. The summed E-state index contributed by atoms with van der Waals surface area (Å²) in [5, 5.41) is 18.5. The maximum atomic E-state index is 10.9. The van der Waals surface area contributed by atoms with Crippen molar-refractivity contribution in [2.75, 3.05) is 12.4 Å². The Morgan fingerprint density at radius 2 is 2.10 bits per heavy atom. The Balaban J connectivity index is 2.23. The lowest BCUT2D eigenvalue weighted by molar-refractivity contribution is -0.384. The first-order chi connectivity index (χ1) is 9.92. The Hall–Kier alpha value is -2.57. The predicted molar refractivity (Wildman–Crippen MR) is 79.7 cm³/mol. The number of rotatable bonds is 5. The van der Waals surface area contributed by atoms with E-state index in [-0.39, 0.29) is 5.69 Å². The molecule has 0 bridgehead atoms. The molecule has 0 fully saturated rings. The maximum Gasteiger partial charge on any atom is 0.275 e. The van der Waals surface area contributed by atoms with E-state index < -0.39 is 4.92 Å². The highest BCUT2D eigenvalue weighted by Gasteiger charge is 2.12. The molecule has 7 nitrogen and oxygen atoms in total. The fourth-order valence-electron chi connectivity index (χ4n) is 2.17. The van der Waals surface area contributed by atoms with E-state index in [1.807, 2.05) is 25.6 Å². The van der Waals surface area contributed by atoms with Gasteiger partial charge < -0.3 is 10.1 Å². The second kappa shape index (κ2) is 5.82. The number of non-ortho nitro benzene ring substituents is 1. The largest absolute Gasteiger partial charge is 0.496 e. The summed E-state index contributed by atoms with van der Waals surface area (Å²) < 4.78 is 6.91. The van der Waals surface area contributed by atoms with E-state index in [4.69, 9.17) is 4.74 Å². The molecule has 1 aromatic carbocycles. The predicted octanol–water partition coefficient (Wildman–Crippen LogP) is 2.57. The van der Waals surface area contributed by atoms with Gasteiger partial charge in [-0.05, 0) is 13.8 Å².